The maximum absolute atomic E-state index is 11.7. The number of benzene rings is 2. The van der Waals surface area contributed by atoms with E-state index in [1.807, 2.05) is 47.2 Å². The van der Waals surface area contributed by atoms with Crippen molar-refractivity contribution in [1.29, 1.82) is 5.26 Å². The summed E-state index contributed by atoms with van der Waals surface area (Å²) in [4.78, 5) is 16.1. The molecule has 3 heterocycles. The number of aromatic nitrogens is 2. The van der Waals surface area contributed by atoms with Crippen LogP contribution in [0.2, 0.25) is 0 Å². The van der Waals surface area contributed by atoms with Gasteiger partial charge in [0.2, 0.25) is 0 Å². The van der Waals surface area contributed by atoms with Crippen LogP contribution in [-0.4, -0.2) is 22.1 Å². The largest absolute Gasteiger partial charge is 0.482 e. The van der Waals surface area contributed by atoms with E-state index in [-0.39, 0.29) is 17.8 Å². The fraction of sp³-hybridized carbons (Fsp3) is 0.0952. The summed E-state index contributed by atoms with van der Waals surface area (Å²) in [5, 5.41) is 12.9. The maximum atomic E-state index is 11.7. The third-order valence-electron chi connectivity index (χ3n) is 4.64. The summed E-state index contributed by atoms with van der Waals surface area (Å²) in [6.45, 7) is 0.0346. The molecule has 0 aliphatic carbocycles. The summed E-state index contributed by atoms with van der Waals surface area (Å²) in [6, 6.07) is 18.1. The van der Waals surface area contributed by atoms with Crippen LogP contribution in [0.15, 0.2) is 59.9 Å². The number of hydrogen-bond donors (Lipinski definition) is 1. The highest BCUT2D eigenvalue weighted by atomic mass is 32.2. The Hall–Kier alpha value is -3.50. The first-order valence-corrected chi connectivity index (χ1v) is 9.58. The number of hydrogen-bond acceptors (Lipinski definition) is 5. The lowest BCUT2D eigenvalue weighted by molar-refractivity contribution is -0.118. The van der Waals surface area contributed by atoms with E-state index in [1.54, 1.807) is 18.0 Å². The predicted octanol–water partition coefficient (Wildman–Crippen LogP) is 3.93. The monoisotopic (exact) mass is 386 g/mol. The molecule has 2 aromatic carbocycles. The molecule has 0 bridgehead atoms. The summed E-state index contributed by atoms with van der Waals surface area (Å²) in [5.41, 5.74) is 4.24. The van der Waals surface area contributed by atoms with Gasteiger partial charge in [-0.15, -0.1) is 0 Å². The van der Waals surface area contributed by atoms with E-state index in [0.29, 0.717) is 17.1 Å². The lowest BCUT2D eigenvalue weighted by Crippen LogP contribution is -2.25. The van der Waals surface area contributed by atoms with Gasteiger partial charge in [0.1, 0.15) is 11.8 Å². The fourth-order valence-electron chi connectivity index (χ4n) is 3.36. The number of nitrogens with zero attached hydrogens (tertiary/aromatic N) is 3. The first-order chi connectivity index (χ1) is 13.7. The zero-order valence-electron chi connectivity index (χ0n) is 14.6. The number of fused-ring (bicyclic) bond motifs is 2. The van der Waals surface area contributed by atoms with Crippen LogP contribution in [0.5, 0.6) is 5.75 Å². The van der Waals surface area contributed by atoms with E-state index in [1.165, 1.54) is 0 Å². The Morgan fingerprint density at radius 3 is 2.93 bits per heavy atom. The van der Waals surface area contributed by atoms with Gasteiger partial charge in [0.15, 0.2) is 17.5 Å². The molecule has 2 aliphatic rings. The van der Waals surface area contributed by atoms with Crippen molar-refractivity contribution in [3.05, 3.63) is 71.5 Å². The second-order valence-corrected chi connectivity index (χ2v) is 7.54. The van der Waals surface area contributed by atoms with Crippen molar-refractivity contribution < 1.29 is 9.53 Å². The van der Waals surface area contributed by atoms with E-state index in [2.05, 4.69) is 28.5 Å². The predicted molar refractivity (Wildman–Crippen MR) is 107 cm³/mol. The minimum absolute atomic E-state index is 0.0147. The van der Waals surface area contributed by atoms with Gasteiger partial charge in [-0.3, -0.25) is 9.36 Å². The van der Waals surface area contributed by atoms with Crippen molar-refractivity contribution in [2.45, 2.75) is 10.4 Å². The number of thioether (sulfide) groups is 1. The second kappa shape index (κ2) is 6.59. The molecule has 0 saturated carbocycles. The molecule has 0 radical (unpaired) electrons. The number of carbonyl (C=O) groups excluding carboxylic acids is 1. The summed E-state index contributed by atoms with van der Waals surface area (Å²) >= 11 is 1.60. The summed E-state index contributed by atoms with van der Waals surface area (Å²) in [6.07, 6.45) is 3.73. The molecule has 28 heavy (non-hydrogen) atoms. The SMILES string of the molecule is N#Cc1cn2c(n1)SC(c1ccccc1)C(c1ccc3c(c1)NC(=O)CO3)=C2. The standard InChI is InChI=1S/C21H14N4O2S/c22-9-15-10-25-11-16(14-6-7-18-17(8-14)24-19(26)12-27-18)20(28-21(25)23-15)13-4-2-1-3-5-13/h1-8,10-11,20H,12H2,(H,24,26). The first kappa shape index (κ1) is 16.7. The average Bonchev–Trinajstić information content (AvgIpc) is 3.15. The molecule has 7 heteroatoms. The number of carbonyl (C=O) groups is 1. The summed E-state index contributed by atoms with van der Waals surface area (Å²) in [5.74, 6) is 0.505. The normalized spacial score (nSPS) is 17.5. The smallest absolute Gasteiger partial charge is 0.262 e. The van der Waals surface area contributed by atoms with Crippen LogP contribution >= 0.6 is 11.8 Å². The van der Waals surface area contributed by atoms with E-state index in [9.17, 15) is 10.1 Å². The minimum atomic E-state index is -0.160. The van der Waals surface area contributed by atoms with Crippen molar-refractivity contribution in [1.82, 2.24) is 9.55 Å². The number of nitrogens with one attached hydrogen (secondary N) is 1. The van der Waals surface area contributed by atoms with Crippen LogP contribution in [0.3, 0.4) is 0 Å². The maximum Gasteiger partial charge on any atom is 0.262 e. The third kappa shape index (κ3) is 2.84. The molecular weight excluding hydrogens is 372 g/mol. The van der Waals surface area contributed by atoms with Crippen molar-refractivity contribution in [2.24, 2.45) is 0 Å². The van der Waals surface area contributed by atoms with Crippen LogP contribution in [0.25, 0.3) is 11.8 Å². The van der Waals surface area contributed by atoms with Crippen molar-refractivity contribution in [3.8, 4) is 11.8 Å². The first-order valence-electron chi connectivity index (χ1n) is 8.70. The van der Waals surface area contributed by atoms with E-state index in [0.717, 1.165) is 21.9 Å². The Morgan fingerprint density at radius 2 is 2.11 bits per heavy atom. The zero-order chi connectivity index (χ0) is 19.1. The van der Waals surface area contributed by atoms with E-state index >= 15 is 0 Å². The van der Waals surface area contributed by atoms with Crippen molar-refractivity contribution >= 4 is 35.1 Å². The van der Waals surface area contributed by atoms with Gasteiger partial charge in [0, 0.05) is 12.4 Å². The molecule has 1 N–H and O–H groups in total. The van der Waals surface area contributed by atoms with E-state index in [4.69, 9.17) is 4.74 Å². The van der Waals surface area contributed by atoms with Gasteiger partial charge in [-0.1, -0.05) is 48.2 Å². The fourth-order valence-corrected chi connectivity index (χ4v) is 4.57. The molecule has 6 nitrogen and oxygen atoms in total. The number of rotatable bonds is 2. The van der Waals surface area contributed by atoms with Gasteiger partial charge < -0.3 is 10.1 Å². The highest BCUT2D eigenvalue weighted by molar-refractivity contribution is 7.99. The van der Waals surface area contributed by atoms with Gasteiger partial charge in [-0.05, 0) is 28.8 Å². The molecule has 3 aromatic rings. The van der Waals surface area contributed by atoms with Crippen LogP contribution in [0.4, 0.5) is 5.69 Å². The zero-order valence-corrected chi connectivity index (χ0v) is 15.4. The quantitative estimate of drug-likeness (QED) is 0.722. The van der Waals surface area contributed by atoms with Gasteiger partial charge in [0.05, 0.1) is 10.9 Å². The Kier molecular flexibility index (Phi) is 3.92. The van der Waals surface area contributed by atoms with Gasteiger partial charge in [-0.25, -0.2) is 4.98 Å². The number of imidazole rings is 1. The van der Waals surface area contributed by atoms with Crippen LogP contribution in [0, 0.1) is 11.3 Å². The number of amides is 1. The summed E-state index contributed by atoms with van der Waals surface area (Å²) < 4.78 is 7.36. The average molecular weight is 386 g/mol. The van der Waals surface area contributed by atoms with Crippen molar-refractivity contribution in [3.63, 3.8) is 0 Å². The molecule has 2 aliphatic heterocycles. The molecular formula is C21H14N4O2S. The molecule has 0 fully saturated rings. The minimum Gasteiger partial charge on any atom is -0.482 e. The molecule has 0 spiro atoms. The molecule has 1 aromatic heterocycles. The van der Waals surface area contributed by atoms with Crippen LogP contribution < -0.4 is 10.1 Å². The van der Waals surface area contributed by atoms with Gasteiger partial charge in [0.25, 0.3) is 5.91 Å². The molecule has 1 amide bonds. The number of nitriles is 1. The topological polar surface area (TPSA) is 79.9 Å². The Bertz CT molecular complexity index is 1160. The summed E-state index contributed by atoms with van der Waals surface area (Å²) in [7, 11) is 0. The Morgan fingerprint density at radius 1 is 1.25 bits per heavy atom. The van der Waals surface area contributed by atoms with Gasteiger partial charge in [-0.2, -0.15) is 5.26 Å². The lowest BCUT2D eigenvalue weighted by Gasteiger charge is -2.26. The number of ether oxygens (including phenoxy) is 1. The highest BCUT2D eigenvalue weighted by Gasteiger charge is 2.28. The highest BCUT2D eigenvalue weighted by Crippen LogP contribution is 2.48. The van der Waals surface area contributed by atoms with Crippen molar-refractivity contribution in [2.75, 3.05) is 11.9 Å². The molecule has 0 saturated heterocycles. The molecule has 5 rings (SSSR count). The molecule has 136 valence electrons. The van der Waals surface area contributed by atoms with Gasteiger partial charge >= 0.3 is 0 Å². The lowest BCUT2D eigenvalue weighted by atomic mass is 9.97. The van der Waals surface area contributed by atoms with E-state index < -0.39 is 0 Å². The molecule has 1 atom stereocenters. The van der Waals surface area contributed by atoms with Crippen LogP contribution in [-0.2, 0) is 4.79 Å². The third-order valence-corrected chi connectivity index (χ3v) is 5.92. The Labute approximate surface area is 165 Å². The molecule has 1 unspecified atom stereocenters. The van der Waals surface area contributed by atoms with Crippen LogP contribution in [0.1, 0.15) is 22.1 Å². The number of anilines is 1. The second-order valence-electron chi connectivity index (χ2n) is 6.47. The Balaban J connectivity index is 1.64.